The minimum atomic E-state index is 0.613. The Labute approximate surface area is 114 Å². The van der Waals surface area contributed by atoms with Crippen molar-refractivity contribution in [3.05, 3.63) is 35.0 Å². The first kappa shape index (κ1) is 13.6. The molecule has 0 unspecified atom stereocenters. The van der Waals surface area contributed by atoms with E-state index in [2.05, 4.69) is 31.1 Å². The van der Waals surface area contributed by atoms with Crippen molar-refractivity contribution in [3.63, 3.8) is 0 Å². The van der Waals surface area contributed by atoms with E-state index < -0.39 is 0 Å². The smallest absolute Gasteiger partial charge is 0.128 e. The van der Waals surface area contributed by atoms with Crippen molar-refractivity contribution in [2.24, 2.45) is 12.8 Å². The van der Waals surface area contributed by atoms with Crippen molar-refractivity contribution in [3.8, 4) is 17.0 Å². The standard InChI is InChI=1S/C15H21N3O/c1-10-5-6-14(19-4)12(9-10)15-11(2)13(7-8-16)17-18(15)3/h5-6,9H,7-8,16H2,1-4H3. The highest BCUT2D eigenvalue weighted by molar-refractivity contribution is 5.71. The Morgan fingerprint density at radius 2 is 2.05 bits per heavy atom. The molecule has 2 aromatic rings. The minimum Gasteiger partial charge on any atom is -0.496 e. The summed E-state index contributed by atoms with van der Waals surface area (Å²) in [5.74, 6) is 0.871. The van der Waals surface area contributed by atoms with Crippen molar-refractivity contribution in [2.45, 2.75) is 20.3 Å². The van der Waals surface area contributed by atoms with Gasteiger partial charge in [0.15, 0.2) is 0 Å². The summed E-state index contributed by atoms with van der Waals surface area (Å²) in [5, 5.41) is 4.56. The van der Waals surface area contributed by atoms with Crippen molar-refractivity contribution in [1.29, 1.82) is 0 Å². The summed E-state index contributed by atoms with van der Waals surface area (Å²) in [7, 11) is 3.66. The van der Waals surface area contributed by atoms with Crippen LogP contribution in [0.15, 0.2) is 18.2 Å². The Morgan fingerprint density at radius 1 is 1.32 bits per heavy atom. The van der Waals surface area contributed by atoms with Crippen LogP contribution >= 0.6 is 0 Å². The van der Waals surface area contributed by atoms with Gasteiger partial charge in [0.05, 0.1) is 18.5 Å². The molecule has 4 heteroatoms. The summed E-state index contributed by atoms with van der Waals surface area (Å²) in [4.78, 5) is 0. The highest BCUT2D eigenvalue weighted by atomic mass is 16.5. The molecule has 0 saturated heterocycles. The number of hydrogen-bond donors (Lipinski definition) is 1. The van der Waals surface area contributed by atoms with E-state index in [-0.39, 0.29) is 0 Å². The van der Waals surface area contributed by atoms with Crippen LogP contribution in [0.2, 0.25) is 0 Å². The zero-order valence-corrected chi connectivity index (χ0v) is 12.0. The minimum absolute atomic E-state index is 0.613. The predicted octanol–water partition coefficient (Wildman–Crippen LogP) is 2.21. The Hall–Kier alpha value is -1.81. The van der Waals surface area contributed by atoms with Crippen LogP contribution in [0.5, 0.6) is 5.75 Å². The Balaban J connectivity index is 2.61. The van der Waals surface area contributed by atoms with Gasteiger partial charge in [0.1, 0.15) is 5.75 Å². The number of ether oxygens (including phenoxy) is 1. The second kappa shape index (κ2) is 5.45. The first-order chi connectivity index (χ1) is 9.08. The largest absolute Gasteiger partial charge is 0.496 e. The third-order valence-electron chi connectivity index (χ3n) is 3.37. The number of rotatable bonds is 4. The van der Waals surface area contributed by atoms with Gasteiger partial charge >= 0.3 is 0 Å². The summed E-state index contributed by atoms with van der Waals surface area (Å²) in [6.07, 6.45) is 0.799. The van der Waals surface area contributed by atoms with E-state index in [1.807, 2.05) is 17.8 Å². The number of aromatic nitrogens is 2. The molecule has 1 aromatic carbocycles. The molecule has 1 aromatic heterocycles. The van der Waals surface area contributed by atoms with Crippen molar-refractivity contribution in [2.75, 3.05) is 13.7 Å². The number of aryl methyl sites for hydroxylation is 2. The van der Waals surface area contributed by atoms with Crippen LogP contribution < -0.4 is 10.5 Å². The van der Waals surface area contributed by atoms with E-state index in [0.717, 1.165) is 29.1 Å². The van der Waals surface area contributed by atoms with E-state index in [0.29, 0.717) is 6.54 Å². The molecule has 2 N–H and O–H groups in total. The molecule has 0 bridgehead atoms. The fourth-order valence-corrected chi connectivity index (χ4v) is 2.44. The third kappa shape index (κ3) is 2.49. The second-order valence-corrected chi connectivity index (χ2v) is 4.79. The van der Waals surface area contributed by atoms with Crippen LogP contribution in [0.1, 0.15) is 16.8 Å². The van der Waals surface area contributed by atoms with E-state index in [1.54, 1.807) is 7.11 Å². The molecule has 0 fully saturated rings. The molecule has 1 heterocycles. The zero-order valence-electron chi connectivity index (χ0n) is 12.0. The number of benzene rings is 1. The normalized spacial score (nSPS) is 10.8. The SMILES string of the molecule is COc1ccc(C)cc1-c1c(C)c(CCN)nn1C. The fraction of sp³-hybridized carbons (Fsp3) is 0.400. The maximum absolute atomic E-state index is 5.63. The molecule has 0 radical (unpaired) electrons. The van der Waals surface area contributed by atoms with Gasteiger partial charge in [-0.2, -0.15) is 5.10 Å². The van der Waals surface area contributed by atoms with Crippen LogP contribution in [0, 0.1) is 13.8 Å². The molecule has 0 amide bonds. The van der Waals surface area contributed by atoms with Crippen LogP contribution in [0.4, 0.5) is 0 Å². The predicted molar refractivity (Wildman–Crippen MR) is 77.4 cm³/mol. The molecule has 102 valence electrons. The molecule has 2 rings (SSSR count). The number of hydrogen-bond acceptors (Lipinski definition) is 3. The van der Waals surface area contributed by atoms with Gasteiger partial charge in [-0.3, -0.25) is 4.68 Å². The lowest BCUT2D eigenvalue weighted by atomic mass is 10.0. The lowest BCUT2D eigenvalue weighted by Crippen LogP contribution is -2.04. The average molecular weight is 259 g/mol. The van der Waals surface area contributed by atoms with Gasteiger partial charge in [-0.05, 0) is 38.1 Å². The molecule has 0 aliphatic rings. The van der Waals surface area contributed by atoms with E-state index in [9.17, 15) is 0 Å². The highest BCUT2D eigenvalue weighted by Crippen LogP contribution is 2.33. The Kier molecular flexibility index (Phi) is 3.90. The lowest BCUT2D eigenvalue weighted by Gasteiger charge is -2.11. The van der Waals surface area contributed by atoms with Gasteiger partial charge in [-0.25, -0.2) is 0 Å². The third-order valence-corrected chi connectivity index (χ3v) is 3.37. The van der Waals surface area contributed by atoms with Gasteiger partial charge in [0, 0.05) is 19.0 Å². The van der Waals surface area contributed by atoms with Gasteiger partial charge < -0.3 is 10.5 Å². The van der Waals surface area contributed by atoms with Gasteiger partial charge in [0.25, 0.3) is 0 Å². The summed E-state index contributed by atoms with van der Waals surface area (Å²) in [6.45, 7) is 4.78. The molecule has 0 aliphatic carbocycles. The van der Waals surface area contributed by atoms with Crippen LogP contribution in [0.3, 0.4) is 0 Å². The van der Waals surface area contributed by atoms with Gasteiger partial charge in [-0.1, -0.05) is 11.6 Å². The van der Waals surface area contributed by atoms with Gasteiger partial charge in [0.2, 0.25) is 0 Å². The van der Waals surface area contributed by atoms with Gasteiger partial charge in [-0.15, -0.1) is 0 Å². The Morgan fingerprint density at radius 3 is 2.68 bits per heavy atom. The Bertz CT molecular complexity index is 587. The lowest BCUT2D eigenvalue weighted by molar-refractivity contribution is 0.416. The summed E-state index contributed by atoms with van der Waals surface area (Å²) in [6, 6.07) is 6.18. The van der Waals surface area contributed by atoms with E-state index in [1.165, 1.54) is 11.1 Å². The van der Waals surface area contributed by atoms with Crippen molar-refractivity contribution >= 4 is 0 Å². The first-order valence-electron chi connectivity index (χ1n) is 6.46. The zero-order chi connectivity index (χ0) is 14.0. The average Bonchev–Trinajstić information content (AvgIpc) is 2.65. The summed E-state index contributed by atoms with van der Waals surface area (Å²) < 4.78 is 7.38. The second-order valence-electron chi connectivity index (χ2n) is 4.79. The molecular formula is C15H21N3O. The molecule has 0 saturated carbocycles. The molecule has 0 spiro atoms. The highest BCUT2D eigenvalue weighted by Gasteiger charge is 2.17. The summed E-state index contributed by atoms with van der Waals surface area (Å²) >= 11 is 0. The molecular weight excluding hydrogens is 238 g/mol. The first-order valence-corrected chi connectivity index (χ1v) is 6.46. The van der Waals surface area contributed by atoms with Crippen LogP contribution in [0.25, 0.3) is 11.3 Å². The van der Waals surface area contributed by atoms with E-state index >= 15 is 0 Å². The number of nitrogens with two attached hydrogens (primary N) is 1. The van der Waals surface area contributed by atoms with Crippen LogP contribution in [-0.2, 0) is 13.5 Å². The summed E-state index contributed by atoms with van der Waals surface area (Å²) in [5.41, 5.74) is 11.3. The topological polar surface area (TPSA) is 53.1 Å². The monoisotopic (exact) mass is 259 g/mol. The molecule has 0 atom stereocenters. The van der Waals surface area contributed by atoms with Crippen molar-refractivity contribution < 1.29 is 4.74 Å². The molecule has 0 aliphatic heterocycles. The van der Waals surface area contributed by atoms with Crippen LogP contribution in [-0.4, -0.2) is 23.4 Å². The quantitative estimate of drug-likeness (QED) is 0.916. The van der Waals surface area contributed by atoms with Crippen molar-refractivity contribution in [1.82, 2.24) is 9.78 Å². The fourth-order valence-electron chi connectivity index (χ4n) is 2.44. The number of nitrogens with zero attached hydrogens (tertiary/aromatic N) is 2. The molecule has 19 heavy (non-hydrogen) atoms. The maximum atomic E-state index is 5.63. The maximum Gasteiger partial charge on any atom is 0.128 e. The number of methoxy groups -OCH3 is 1. The van der Waals surface area contributed by atoms with E-state index in [4.69, 9.17) is 10.5 Å². The molecule has 4 nitrogen and oxygen atoms in total.